The van der Waals surface area contributed by atoms with Crippen LogP contribution in [-0.4, -0.2) is 33.5 Å². The topological polar surface area (TPSA) is 114 Å². The zero-order chi connectivity index (χ0) is 24.4. The van der Waals surface area contributed by atoms with Crippen molar-refractivity contribution in [2.75, 3.05) is 4.90 Å². The summed E-state index contributed by atoms with van der Waals surface area (Å²) in [6, 6.07) is 13.5. The molecule has 0 radical (unpaired) electrons. The summed E-state index contributed by atoms with van der Waals surface area (Å²) in [4.78, 5) is 54.9. The van der Waals surface area contributed by atoms with Crippen molar-refractivity contribution < 1.29 is 23.7 Å². The molecule has 0 saturated carbocycles. The van der Waals surface area contributed by atoms with Gasteiger partial charge in [0.05, 0.1) is 34.8 Å². The molecule has 4 heterocycles. The van der Waals surface area contributed by atoms with E-state index in [2.05, 4.69) is 0 Å². The lowest BCUT2D eigenvalue weighted by Gasteiger charge is -2.35. The van der Waals surface area contributed by atoms with Crippen LogP contribution in [0.2, 0.25) is 0 Å². The molecule has 9 nitrogen and oxygen atoms in total. The zero-order valence-electron chi connectivity index (χ0n) is 18.5. The summed E-state index contributed by atoms with van der Waals surface area (Å²) in [5, 5.41) is 11.5. The van der Waals surface area contributed by atoms with Crippen LogP contribution in [0.5, 0.6) is 0 Å². The maximum atomic E-state index is 13.8. The van der Waals surface area contributed by atoms with Crippen LogP contribution in [0.25, 0.3) is 6.08 Å². The Balaban J connectivity index is 1.50. The van der Waals surface area contributed by atoms with Crippen molar-refractivity contribution in [2.24, 2.45) is 11.8 Å². The fraction of sp³-hybridized carbons (Fsp3) is 0.192. The van der Waals surface area contributed by atoms with E-state index in [9.17, 15) is 24.5 Å². The Hall–Kier alpha value is -4.53. The van der Waals surface area contributed by atoms with Gasteiger partial charge in [0, 0.05) is 17.8 Å². The number of imide groups is 1. The number of furan rings is 1. The van der Waals surface area contributed by atoms with Gasteiger partial charge in [0.1, 0.15) is 6.04 Å². The third-order valence-electron chi connectivity index (χ3n) is 7.14. The number of anilines is 1. The quantitative estimate of drug-likeness (QED) is 0.246. The number of hydrogen-bond acceptors (Lipinski definition) is 7. The van der Waals surface area contributed by atoms with Gasteiger partial charge in [-0.2, -0.15) is 0 Å². The van der Waals surface area contributed by atoms with Gasteiger partial charge in [-0.05, 0) is 42.3 Å². The first-order valence-corrected chi connectivity index (χ1v) is 11.1. The highest BCUT2D eigenvalue weighted by molar-refractivity contribution is 6.24. The molecule has 3 aliphatic heterocycles. The largest absolute Gasteiger partial charge is 0.461 e. The van der Waals surface area contributed by atoms with Crippen LogP contribution in [0.15, 0.2) is 71.5 Å². The maximum absolute atomic E-state index is 13.8. The van der Waals surface area contributed by atoms with E-state index in [0.717, 1.165) is 16.0 Å². The summed E-state index contributed by atoms with van der Waals surface area (Å²) in [5.74, 6) is -3.13. The van der Waals surface area contributed by atoms with E-state index >= 15 is 0 Å². The van der Waals surface area contributed by atoms with Gasteiger partial charge in [0.25, 0.3) is 5.69 Å². The van der Waals surface area contributed by atoms with Crippen molar-refractivity contribution >= 4 is 35.0 Å². The Morgan fingerprint density at radius 1 is 1.03 bits per heavy atom. The third kappa shape index (κ3) is 2.91. The highest BCUT2D eigenvalue weighted by Crippen LogP contribution is 2.53. The first-order chi connectivity index (χ1) is 16.9. The predicted octanol–water partition coefficient (Wildman–Crippen LogP) is 3.89. The minimum atomic E-state index is -0.971. The summed E-state index contributed by atoms with van der Waals surface area (Å²) >= 11 is 0. The Bertz CT molecular complexity index is 1440. The SMILES string of the molecule is Cc1ccc(N2C(=O)[C@@H]3[C@H](C2=O)[C@H]2c4ccccc4C=CN2[C@@H]3C(=O)c2ccco2)cc1[N+](=O)[O-]. The molecular formula is C26H19N3O6. The molecule has 0 N–H and O–H groups in total. The summed E-state index contributed by atoms with van der Waals surface area (Å²) in [5.41, 5.74) is 2.11. The highest BCUT2D eigenvalue weighted by atomic mass is 16.6. The predicted molar refractivity (Wildman–Crippen MR) is 124 cm³/mol. The van der Waals surface area contributed by atoms with Gasteiger partial charge in [-0.15, -0.1) is 0 Å². The van der Waals surface area contributed by atoms with Gasteiger partial charge in [0.2, 0.25) is 17.6 Å². The second kappa shape index (κ2) is 7.49. The molecule has 9 heteroatoms. The molecule has 2 aromatic carbocycles. The fourth-order valence-electron chi connectivity index (χ4n) is 5.61. The molecule has 0 bridgehead atoms. The Labute approximate surface area is 199 Å². The van der Waals surface area contributed by atoms with E-state index in [0.29, 0.717) is 5.56 Å². The van der Waals surface area contributed by atoms with Crippen molar-refractivity contribution in [3.05, 3.63) is 99.6 Å². The van der Waals surface area contributed by atoms with Crippen LogP contribution in [0.4, 0.5) is 11.4 Å². The zero-order valence-corrected chi connectivity index (χ0v) is 18.5. The van der Waals surface area contributed by atoms with Crippen LogP contribution >= 0.6 is 0 Å². The number of rotatable bonds is 4. The summed E-state index contributed by atoms with van der Waals surface area (Å²) in [6.07, 6.45) is 5.02. The number of ketones is 1. The van der Waals surface area contributed by atoms with Gasteiger partial charge < -0.3 is 9.32 Å². The van der Waals surface area contributed by atoms with Gasteiger partial charge >= 0.3 is 0 Å². The van der Waals surface area contributed by atoms with Crippen molar-refractivity contribution in [2.45, 2.75) is 19.0 Å². The summed E-state index contributed by atoms with van der Waals surface area (Å²) < 4.78 is 5.35. The molecule has 0 spiro atoms. The highest BCUT2D eigenvalue weighted by Gasteiger charge is 2.64. The molecule has 174 valence electrons. The number of carbonyl (C=O) groups excluding carboxylic acids is 3. The first kappa shape index (κ1) is 21.0. The lowest BCUT2D eigenvalue weighted by atomic mass is 9.84. The molecule has 3 aromatic rings. The number of amides is 2. The molecule has 2 fully saturated rings. The Morgan fingerprint density at radius 3 is 2.54 bits per heavy atom. The number of nitro groups is 1. The van der Waals surface area contributed by atoms with E-state index < -0.39 is 46.4 Å². The first-order valence-electron chi connectivity index (χ1n) is 11.1. The average Bonchev–Trinajstić information content (AvgIpc) is 3.56. The monoisotopic (exact) mass is 469 g/mol. The lowest BCUT2D eigenvalue weighted by Crippen LogP contribution is -2.44. The maximum Gasteiger partial charge on any atom is 0.274 e. The third-order valence-corrected chi connectivity index (χ3v) is 7.14. The molecule has 0 unspecified atom stereocenters. The number of fused-ring (bicyclic) bond motifs is 5. The smallest absolute Gasteiger partial charge is 0.274 e. The second-order valence-electron chi connectivity index (χ2n) is 8.91. The number of hydrogen-bond donors (Lipinski definition) is 0. The number of aryl methyl sites for hydroxylation is 1. The summed E-state index contributed by atoms with van der Waals surface area (Å²) in [6.45, 7) is 1.59. The van der Waals surface area contributed by atoms with Gasteiger partial charge in [-0.1, -0.05) is 30.3 Å². The second-order valence-corrected chi connectivity index (χ2v) is 8.91. The van der Waals surface area contributed by atoms with E-state index in [1.807, 2.05) is 30.3 Å². The molecule has 4 atom stereocenters. The number of benzene rings is 2. The van der Waals surface area contributed by atoms with Gasteiger partial charge in [-0.3, -0.25) is 24.5 Å². The van der Waals surface area contributed by atoms with Crippen molar-refractivity contribution in [3.8, 4) is 0 Å². The van der Waals surface area contributed by atoms with Crippen LogP contribution in [0.1, 0.15) is 33.3 Å². The van der Waals surface area contributed by atoms with E-state index in [1.165, 1.54) is 30.5 Å². The number of nitro benzene ring substituents is 1. The lowest BCUT2D eigenvalue weighted by molar-refractivity contribution is -0.385. The van der Waals surface area contributed by atoms with Crippen LogP contribution in [0, 0.1) is 28.9 Å². The number of Topliss-reactive ketones (excluding diaryl/α,β-unsaturated/α-hetero) is 1. The minimum absolute atomic E-state index is 0.103. The normalized spacial score (nSPS) is 24.4. The molecule has 1 aromatic heterocycles. The average molecular weight is 469 g/mol. The van der Waals surface area contributed by atoms with Crippen LogP contribution in [-0.2, 0) is 9.59 Å². The minimum Gasteiger partial charge on any atom is -0.461 e. The van der Waals surface area contributed by atoms with E-state index in [-0.39, 0.29) is 17.1 Å². The van der Waals surface area contributed by atoms with E-state index in [1.54, 1.807) is 24.1 Å². The fourth-order valence-corrected chi connectivity index (χ4v) is 5.61. The van der Waals surface area contributed by atoms with Gasteiger partial charge in [-0.25, -0.2) is 4.90 Å². The molecule has 6 rings (SSSR count). The van der Waals surface area contributed by atoms with Crippen LogP contribution < -0.4 is 4.90 Å². The molecular weight excluding hydrogens is 450 g/mol. The molecule has 35 heavy (non-hydrogen) atoms. The molecule has 0 aliphatic carbocycles. The van der Waals surface area contributed by atoms with E-state index in [4.69, 9.17) is 4.42 Å². The standard InChI is InChI=1S/C26H19N3O6/c1-14-8-9-16(13-18(14)29(33)34)28-25(31)20-21(26(28)32)23(24(30)19-7-4-12-35-19)27-11-10-15-5-2-3-6-17(15)22(20)27/h2-13,20-23H,1H3/t20-,21+,22+,23-/m0/s1. The molecule has 2 saturated heterocycles. The van der Waals surface area contributed by atoms with Crippen molar-refractivity contribution in [1.29, 1.82) is 0 Å². The van der Waals surface area contributed by atoms with Crippen LogP contribution in [0.3, 0.4) is 0 Å². The number of nitrogens with zero attached hydrogens (tertiary/aromatic N) is 3. The molecule has 2 amide bonds. The summed E-state index contributed by atoms with van der Waals surface area (Å²) in [7, 11) is 0. The number of carbonyl (C=O) groups is 3. The van der Waals surface area contributed by atoms with Crippen molar-refractivity contribution in [3.63, 3.8) is 0 Å². The molecule has 3 aliphatic rings. The Kier molecular flexibility index (Phi) is 4.50. The Morgan fingerprint density at radius 2 is 1.80 bits per heavy atom. The van der Waals surface area contributed by atoms with Crippen molar-refractivity contribution in [1.82, 2.24) is 4.90 Å². The van der Waals surface area contributed by atoms with Gasteiger partial charge in [0.15, 0.2) is 5.76 Å².